The van der Waals surface area contributed by atoms with Crippen LogP contribution in [0.5, 0.6) is 0 Å². The van der Waals surface area contributed by atoms with Crippen molar-refractivity contribution in [2.75, 3.05) is 6.54 Å². The highest BCUT2D eigenvalue weighted by molar-refractivity contribution is 5.98. The lowest BCUT2D eigenvalue weighted by Gasteiger charge is -2.16. The molecule has 0 saturated heterocycles. The maximum Gasteiger partial charge on any atom is 0.433 e. The molecule has 0 unspecified atom stereocenters. The van der Waals surface area contributed by atoms with E-state index in [9.17, 15) is 22.8 Å². The van der Waals surface area contributed by atoms with Crippen molar-refractivity contribution in [1.29, 1.82) is 0 Å². The van der Waals surface area contributed by atoms with E-state index < -0.39 is 41.3 Å². The zero-order valence-electron chi connectivity index (χ0n) is 12.8. The topological polar surface area (TPSA) is 76.0 Å². The summed E-state index contributed by atoms with van der Waals surface area (Å²) in [5.74, 6) is -1.46. The monoisotopic (exact) mass is 320 g/mol. The first kappa shape index (κ1) is 18.0. The van der Waals surface area contributed by atoms with Crippen molar-refractivity contribution in [3.05, 3.63) is 17.5 Å². The Bertz CT molecular complexity index is 552. The Hall–Kier alpha value is -2.06. The Labute approximate surface area is 126 Å². The van der Waals surface area contributed by atoms with Crippen molar-refractivity contribution in [1.82, 2.24) is 20.4 Å². The highest BCUT2D eigenvalue weighted by Gasteiger charge is 2.40. The van der Waals surface area contributed by atoms with E-state index in [4.69, 9.17) is 0 Å². The van der Waals surface area contributed by atoms with E-state index in [2.05, 4.69) is 15.7 Å². The number of nitrogens with one attached hydrogen (secondary N) is 2. The molecule has 1 heterocycles. The Balaban J connectivity index is 3.07. The molecule has 1 aromatic rings. The molecule has 0 aromatic carbocycles. The van der Waals surface area contributed by atoms with Gasteiger partial charge in [0.1, 0.15) is 6.04 Å². The Morgan fingerprint density at radius 2 is 1.91 bits per heavy atom. The molecule has 2 N–H and O–H groups in total. The molecule has 0 saturated carbocycles. The molecule has 0 aliphatic rings. The summed E-state index contributed by atoms with van der Waals surface area (Å²) in [6.45, 7) is 6.50. The van der Waals surface area contributed by atoms with Crippen LogP contribution in [0, 0.1) is 0 Å². The molecule has 2 amide bonds. The third-order valence-electron chi connectivity index (χ3n) is 2.89. The van der Waals surface area contributed by atoms with Crippen LogP contribution >= 0.6 is 0 Å². The quantitative estimate of drug-likeness (QED) is 0.867. The van der Waals surface area contributed by atoms with Crippen LogP contribution in [0.25, 0.3) is 0 Å². The first-order valence-electron chi connectivity index (χ1n) is 6.82. The maximum absolute atomic E-state index is 13.2. The van der Waals surface area contributed by atoms with E-state index in [1.165, 1.54) is 20.8 Å². The van der Waals surface area contributed by atoms with Gasteiger partial charge in [0.25, 0.3) is 5.91 Å². The number of aromatic nitrogens is 2. The largest absolute Gasteiger partial charge is 0.433 e. The highest BCUT2D eigenvalue weighted by atomic mass is 19.4. The summed E-state index contributed by atoms with van der Waals surface area (Å²) in [6.07, 6.45) is -3.86. The number of carbonyl (C=O) groups is 2. The fraction of sp³-hybridized carbons (Fsp3) is 0.615. The van der Waals surface area contributed by atoms with Crippen LogP contribution in [0.15, 0.2) is 6.20 Å². The van der Waals surface area contributed by atoms with E-state index >= 15 is 0 Å². The summed E-state index contributed by atoms with van der Waals surface area (Å²) < 4.78 is 40.2. The number of hydrogen-bond acceptors (Lipinski definition) is 3. The zero-order chi connectivity index (χ0) is 17.1. The number of halogens is 3. The second kappa shape index (κ2) is 6.80. The average molecular weight is 320 g/mol. The van der Waals surface area contributed by atoms with Gasteiger partial charge in [-0.3, -0.25) is 14.3 Å². The Morgan fingerprint density at radius 1 is 1.32 bits per heavy atom. The van der Waals surface area contributed by atoms with Gasteiger partial charge in [0, 0.05) is 12.6 Å². The van der Waals surface area contributed by atoms with Crippen molar-refractivity contribution in [3.8, 4) is 0 Å². The van der Waals surface area contributed by atoms with Crippen LogP contribution in [-0.2, 0) is 11.0 Å². The Morgan fingerprint density at radius 3 is 2.36 bits per heavy atom. The summed E-state index contributed by atoms with van der Waals surface area (Å²) in [5, 5.41) is 8.34. The van der Waals surface area contributed by atoms with Gasteiger partial charge in [0.2, 0.25) is 5.91 Å². The summed E-state index contributed by atoms with van der Waals surface area (Å²) >= 11 is 0. The minimum atomic E-state index is -4.72. The smallest absolute Gasteiger partial charge is 0.355 e. The molecule has 124 valence electrons. The zero-order valence-corrected chi connectivity index (χ0v) is 12.8. The molecule has 0 radical (unpaired) electrons. The van der Waals surface area contributed by atoms with Gasteiger partial charge in [-0.05, 0) is 27.7 Å². The molecule has 0 aliphatic heterocycles. The summed E-state index contributed by atoms with van der Waals surface area (Å²) in [6, 6.07) is -1.50. The van der Waals surface area contributed by atoms with Crippen LogP contribution in [0.4, 0.5) is 13.2 Å². The minimum absolute atomic E-state index is 0.359. The van der Waals surface area contributed by atoms with Gasteiger partial charge in [0.05, 0.1) is 11.8 Å². The van der Waals surface area contributed by atoms with Crippen LogP contribution in [0.3, 0.4) is 0 Å². The summed E-state index contributed by atoms with van der Waals surface area (Å²) in [4.78, 5) is 23.6. The van der Waals surface area contributed by atoms with Crippen LogP contribution in [0.1, 0.15) is 49.8 Å². The van der Waals surface area contributed by atoms with E-state index in [1.807, 2.05) is 0 Å². The molecule has 0 bridgehead atoms. The molecule has 0 spiro atoms. The van der Waals surface area contributed by atoms with Crippen molar-refractivity contribution < 1.29 is 22.8 Å². The lowest BCUT2D eigenvalue weighted by atomic mass is 10.2. The predicted octanol–water partition coefficient (Wildman–Crippen LogP) is 1.74. The highest BCUT2D eigenvalue weighted by Crippen LogP contribution is 2.33. The first-order valence-corrected chi connectivity index (χ1v) is 6.82. The second-order valence-electron chi connectivity index (χ2n) is 5.03. The SMILES string of the molecule is CCNC(=O)[C@@H](C)NC(=O)c1cnn(C(C)C)c1C(F)(F)F. The number of carbonyl (C=O) groups excluding carboxylic acids is 2. The summed E-state index contributed by atoms with van der Waals surface area (Å²) in [7, 11) is 0. The van der Waals surface area contributed by atoms with Gasteiger partial charge in [-0.1, -0.05) is 0 Å². The normalized spacial score (nSPS) is 13.1. The van der Waals surface area contributed by atoms with E-state index in [0.717, 1.165) is 10.9 Å². The van der Waals surface area contributed by atoms with Gasteiger partial charge in [-0.15, -0.1) is 0 Å². The van der Waals surface area contributed by atoms with E-state index in [1.54, 1.807) is 6.92 Å². The van der Waals surface area contributed by atoms with Crippen molar-refractivity contribution in [2.24, 2.45) is 0 Å². The van der Waals surface area contributed by atoms with Crippen LogP contribution in [-0.4, -0.2) is 34.2 Å². The molecule has 1 atom stereocenters. The lowest BCUT2D eigenvalue weighted by molar-refractivity contribution is -0.145. The van der Waals surface area contributed by atoms with Crippen LogP contribution in [0.2, 0.25) is 0 Å². The maximum atomic E-state index is 13.2. The van der Waals surface area contributed by atoms with Gasteiger partial charge >= 0.3 is 6.18 Å². The van der Waals surface area contributed by atoms with Gasteiger partial charge in [-0.25, -0.2) is 0 Å². The molecule has 22 heavy (non-hydrogen) atoms. The molecule has 0 aliphatic carbocycles. The molecule has 0 fully saturated rings. The average Bonchev–Trinajstić information content (AvgIpc) is 2.83. The lowest BCUT2D eigenvalue weighted by Crippen LogP contribution is -2.45. The molecule has 6 nitrogen and oxygen atoms in total. The molecular formula is C13H19F3N4O2. The molecule has 1 rings (SSSR count). The number of nitrogens with zero attached hydrogens (tertiary/aromatic N) is 2. The van der Waals surface area contributed by atoms with Gasteiger partial charge < -0.3 is 10.6 Å². The number of hydrogen-bond donors (Lipinski definition) is 2. The van der Waals surface area contributed by atoms with Crippen molar-refractivity contribution in [3.63, 3.8) is 0 Å². The van der Waals surface area contributed by atoms with Crippen molar-refractivity contribution in [2.45, 2.75) is 46.0 Å². The predicted molar refractivity (Wildman–Crippen MR) is 73.2 cm³/mol. The fourth-order valence-electron chi connectivity index (χ4n) is 1.87. The standard InChI is InChI=1S/C13H19F3N4O2/c1-5-17-11(21)8(4)19-12(22)9-6-18-20(7(2)3)10(9)13(14,15)16/h6-8H,5H2,1-4H3,(H,17,21)(H,19,22)/t8-/m1/s1. The molecular weight excluding hydrogens is 301 g/mol. The van der Waals surface area contributed by atoms with Crippen LogP contribution < -0.4 is 10.6 Å². The summed E-state index contributed by atoms with van der Waals surface area (Å²) in [5.41, 5.74) is -1.72. The Kier molecular flexibility index (Phi) is 5.56. The minimum Gasteiger partial charge on any atom is -0.355 e. The number of alkyl halides is 3. The third-order valence-corrected chi connectivity index (χ3v) is 2.89. The number of amides is 2. The van der Waals surface area contributed by atoms with Crippen molar-refractivity contribution >= 4 is 11.8 Å². The second-order valence-corrected chi connectivity index (χ2v) is 5.03. The van der Waals surface area contributed by atoms with E-state index in [0.29, 0.717) is 6.54 Å². The van der Waals surface area contributed by atoms with E-state index in [-0.39, 0.29) is 0 Å². The third kappa shape index (κ3) is 3.99. The first-order chi connectivity index (χ1) is 10.1. The number of likely N-dealkylation sites (N-methyl/N-ethyl adjacent to an activating group) is 1. The van der Waals surface area contributed by atoms with Gasteiger partial charge in [0.15, 0.2) is 5.69 Å². The molecule has 1 aromatic heterocycles. The van der Waals surface area contributed by atoms with Gasteiger partial charge in [-0.2, -0.15) is 18.3 Å². The molecule has 9 heteroatoms. The number of rotatable bonds is 5. The fourth-order valence-corrected chi connectivity index (χ4v) is 1.87.